The number of hydrogen-bond donors (Lipinski definition) is 1. The maximum atomic E-state index is 13.2. The molecule has 6 rings (SSSR count). The Morgan fingerprint density at radius 2 is 1.83 bits per heavy atom. The van der Waals surface area contributed by atoms with E-state index in [4.69, 9.17) is 14.5 Å². The molecule has 0 spiro atoms. The summed E-state index contributed by atoms with van der Waals surface area (Å²) in [5.74, 6) is 0.769. The highest BCUT2D eigenvalue weighted by atomic mass is 32.1. The van der Waals surface area contributed by atoms with E-state index in [0.717, 1.165) is 21.6 Å². The zero-order valence-electron chi connectivity index (χ0n) is 19.1. The summed E-state index contributed by atoms with van der Waals surface area (Å²) in [4.78, 5) is 33.6. The Hall–Kier alpha value is -4.24. The lowest BCUT2D eigenvalue weighted by Crippen LogP contribution is -2.33. The molecule has 1 aliphatic rings. The lowest BCUT2D eigenvalue weighted by molar-refractivity contribution is 0.465. The predicted octanol–water partition coefficient (Wildman–Crippen LogP) is 4.70. The van der Waals surface area contributed by atoms with Gasteiger partial charge in [-0.25, -0.2) is 19.4 Å². The number of nitrogens with zero attached hydrogens (tertiary/aromatic N) is 4. The Morgan fingerprint density at radius 3 is 2.60 bits per heavy atom. The molecule has 0 saturated heterocycles. The number of aromatic amines is 1. The minimum Gasteiger partial charge on any atom is -0.467 e. The van der Waals surface area contributed by atoms with Gasteiger partial charge in [0.2, 0.25) is 5.13 Å². The van der Waals surface area contributed by atoms with Crippen LogP contribution in [-0.4, -0.2) is 20.2 Å². The summed E-state index contributed by atoms with van der Waals surface area (Å²) in [5.41, 5.74) is 3.33. The average Bonchev–Trinajstić information content (AvgIpc) is 3.60. The molecule has 3 aromatic heterocycles. The molecule has 5 aromatic rings. The third-order valence-electron chi connectivity index (χ3n) is 6.13. The molecule has 0 saturated carbocycles. The van der Waals surface area contributed by atoms with Crippen molar-refractivity contribution in [2.24, 2.45) is 5.10 Å². The number of para-hydroxylation sites is 1. The lowest BCUT2D eigenvalue weighted by Gasteiger charge is -2.18. The average molecular weight is 484 g/mol. The van der Waals surface area contributed by atoms with Gasteiger partial charge in [0.25, 0.3) is 5.56 Å². The topological polar surface area (TPSA) is 96.5 Å². The molecule has 4 heterocycles. The normalized spacial score (nSPS) is 15.7. The third-order valence-corrected chi connectivity index (χ3v) is 7.26. The van der Waals surface area contributed by atoms with Crippen LogP contribution in [0.1, 0.15) is 35.0 Å². The first-order chi connectivity index (χ1) is 17.0. The van der Waals surface area contributed by atoms with E-state index < -0.39 is 5.69 Å². The zero-order valence-corrected chi connectivity index (χ0v) is 19.9. The van der Waals surface area contributed by atoms with E-state index in [-0.39, 0.29) is 11.6 Å². The number of hydrazone groups is 1. The largest absolute Gasteiger partial charge is 0.467 e. The molecule has 0 aliphatic carbocycles. The van der Waals surface area contributed by atoms with Crippen LogP contribution in [0.25, 0.3) is 15.9 Å². The highest BCUT2D eigenvalue weighted by Crippen LogP contribution is 2.40. The number of hydrogen-bond acceptors (Lipinski definition) is 7. The fourth-order valence-corrected chi connectivity index (χ4v) is 5.40. The molecule has 8 nitrogen and oxygen atoms in total. The van der Waals surface area contributed by atoms with Crippen molar-refractivity contribution in [2.45, 2.75) is 26.3 Å². The molecule has 1 aliphatic heterocycles. The maximum absolute atomic E-state index is 13.2. The number of anilines is 1. The molecule has 1 N–H and O–H groups in total. The Labute approximate surface area is 203 Å². The van der Waals surface area contributed by atoms with Crippen LogP contribution in [0.4, 0.5) is 5.13 Å². The number of aryl methyl sites for hydroxylation is 2. The summed E-state index contributed by atoms with van der Waals surface area (Å²) in [6.45, 7) is 3.84. The molecule has 174 valence electrons. The number of benzene rings is 2. The van der Waals surface area contributed by atoms with Gasteiger partial charge in [-0.1, -0.05) is 53.3 Å². The molecule has 0 radical (unpaired) electrons. The maximum Gasteiger partial charge on any atom is 0.334 e. The molecular formula is C26H21N5O3S. The first-order valence-electron chi connectivity index (χ1n) is 11.2. The Morgan fingerprint density at radius 1 is 1.03 bits per heavy atom. The van der Waals surface area contributed by atoms with Crippen molar-refractivity contribution in [3.63, 3.8) is 0 Å². The molecule has 0 amide bonds. The van der Waals surface area contributed by atoms with Crippen molar-refractivity contribution in [1.82, 2.24) is 14.5 Å². The Kier molecular flexibility index (Phi) is 5.00. The van der Waals surface area contributed by atoms with Crippen molar-refractivity contribution in [3.8, 4) is 5.00 Å². The number of rotatable bonds is 4. The van der Waals surface area contributed by atoms with E-state index >= 15 is 0 Å². The molecule has 1 unspecified atom stereocenters. The van der Waals surface area contributed by atoms with Gasteiger partial charge in [-0.15, -0.1) is 0 Å². The second kappa shape index (κ2) is 8.21. The van der Waals surface area contributed by atoms with Gasteiger partial charge in [0, 0.05) is 6.42 Å². The van der Waals surface area contributed by atoms with Gasteiger partial charge in [0.15, 0.2) is 0 Å². The fraction of sp³-hybridized carbons (Fsp3) is 0.154. The predicted molar refractivity (Wildman–Crippen MR) is 137 cm³/mol. The molecule has 9 heteroatoms. The van der Waals surface area contributed by atoms with Crippen LogP contribution < -0.4 is 16.3 Å². The van der Waals surface area contributed by atoms with E-state index in [0.29, 0.717) is 33.2 Å². The van der Waals surface area contributed by atoms with Gasteiger partial charge in [-0.2, -0.15) is 5.10 Å². The number of aromatic nitrogens is 3. The van der Waals surface area contributed by atoms with E-state index in [1.807, 2.05) is 17.1 Å². The van der Waals surface area contributed by atoms with Gasteiger partial charge in [-0.05, 0) is 43.7 Å². The second-order valence-electron chi connectivity index (χ2n) is 8.50. The van der Waals surface area contributed by atoms with Crippen LogP contribution >= 0.6 is 11.3 Å². The van der Waals surface area contributed by atoms with Crippen LogP contribution in [0.15, 0.2) is 86.0 Å². The van der Waals surface area contributed by atoms with Crippen LogP contribution in [0, 0.1) is 13.8 Å². The van der Waals surface area contributed by atoms with E-state index in [9.17, 15) is 9.59 Å². The first-order valence-corrected chi connectivity index (χ1v) is 12.0. The minimum absolute atomic E-state index is 0.189. The van der Waals surface area contributed by atoms with Gasteiger partial charge in [-0.3, -0.25) is 4.79 Å². The summed E-state index contributed by atoms with van der Waals surface area (Å²) in [5, 5.41) is 8.22. The van der Waals surface area contributed by atoms with Crippen molar-refractivity contribution >= 4 is 33.1 Å². The number of furan rings is 1. The standard InChI is InChI=1S/C26H21N5O3S/c1-15-9-11-17(12-10-15)20-14-21(22-8-5-13-34-22)31(29-20)26-27-16(2)24(35-26)30-23(32)18-6-3-4-7-19(18)28-25(30)33/h3-13,21H,14H2,1-2H3,(H,28,33). The van der Waals surface area contributed by atoms with Crippen molar-refractivity contribution in [2.75, 3.05) is 5.01 Å². The highest BCUT2D eigenvalue weighted by Gasteiger charge is 2.34. The first kappa shape index (κ1) is 21.3. The SMILES string of the molecule is Cc1ccc(C2=NN(c3nc(C)c(-n4c(=O)[nH]c5ccccc5c4=O)s3)C(c3ccco3)C2)cc1. The quantitative estimate of drug-likeness (QED) is 0.400. The second-order valence-corrected chi connectivity index (χ2v) is 9.45. The summed E-state index contributed by atoms with van der Waals surface area (Å²) < 4.78 is 6.89. The van der Waals surface area contributed by atoms with Crippen LogP contribution in [0.2, 0.25) is 0 Å². The summed E-state index contributed by atoms with van der Waals surface area (Å²) >= 11 is 1.26. The van der Waals surface area contributed by atoms with Gasteiger partial charge >= 0.3 is 5.69 Å². The van der Waals surface area contributed by atoms with E-state index in [2.05, 4.69) is 36.2 Å². The van der Waals surface area contributed by atoms with Crippen molar-refractivity contribution in [3.05, 3.63) is 110 Å². The van der Waals surface area contributed by atoms with Crippen LogP contribution in [-0.2, 0) is 0 Å². The molecule has 35 heavy (non-hydrogen) atoms. The number of H-pyrrole nitrogens is 1. The van der Waals surface area contributed by atoms with Gasteiger partial charge < -0.3 is 9.40 Å². The summed E-state index contributed by atoms with van der Waals surface area (Å²) in [6.07, 6.45) is 2.28. The van der Waals surface area contributed by atoms with E-state index in [1.54, 1.807) is 37.5 Å². The van der Waals surface area contributed by atoms with Crippen LogP contribution in [0.3, 0.4) is 0 Å². The number of thiazole rings is 1. The monoisotopic (exact) mass is 483 g/mol. The molecule has 1 atom stereocenters. The molecule has 0 fully saturated rings. The Bertz CT molecular complexity index is 1690. The lowest BCUT2D eigenvalue weighted by atomic mass is 10.0. The fourth-order valence-electron chi connectivity index (χ4n) is 4.34. The minimum atomic E-state index is -0.500. The highest BCUT2D eigenvalue weighted by molar-refractivity contribution is 7.18. The van der Waals surface area contributed by atoms with Crippen LogP contribution in [0.5, 0.6) is 0 Å². The van der Waals surface area contributed by atoms with Gasteiger partial charge in [0.1, 0.15) is 16.8 Å². The molecule has 0 bridgehead atoms. The number of fused-ring (bicyclic) bond motifs is 1. The third kappa shape index (κ3) is 3.60. The number of nitrogens with one attached hydrogen (secondary N) is 1. The van der Waals surface area contributed by atoms with Crippen molar-refractivity contribution in [1.29, 1.82) is 0 Å². The summed E-state index contributed by atoms with van der Waals surface area (Å²) in [7, 11) is 0. The summed E-state index contributed by atoms with van der Waals surface area (Å²) in [6, 6.07) is 18.8. The van der Waals surface area contributed by atoms with E-state index in [1.165, 1.54) is 16.9 Å². The van der Waals surface area contributed by atoms with Gasteiger partial charge in [0.05, 0.1) is 28.6 Å². The Balaban J connectivity index is 1.47. The smallest absolute Gasteiger partial charge is 0.334 e. The van der Waals surface area contributed by atoms with Crippen molar-refractivity contribution < 1.29 is 4.42 Å². The zero-order chi connectivity index (χ0) is 24.1. The molecule has 2 aromatic carbocycles. The molecular weight excluding hydrogens is 462 g/mol.